The summed E-state index contributed by atoms with van der Waals surface area (Å²) >= 11 is 2.85. The summed E-state index contributed by atoms with van der Waals surface area (Å²) in [4.78, 5) is 0. The molecular weight excluding hydrogens is 282 g/mol. The SMILES string of the molecule is Cl.NCc1cccc(Br)c1C(F)(F)F. The Balaban J connectivity index is 0.00000169. The maximum absolute atomic E-state index is 12.4. The average molecular weight is 291 g/mol. The number of nitrogens with two attached hydrogens (primary N) is 1. The first-order valence-electron chi connectivity index (χ1n) is 3.51. The van der Waals surface area contributed by atoms with E-state index in [-0.39, 0.29) is 29.0 Å². The van der Waals surface area contributed by atoms with Gasteiger partial charge in [0, 0.05) is 11.0 Å². The fourth-order valence-corrected chi connectivity index (χ4v) is 1.69. The van der Waals surface area contributed by atoms with Crippen molar-refractivity contribution in [2.75, 3.05) is 0 Å². The first-order chi connectivity index (χ1) is 5.96. The van der Waals surface area contributed by atoms with Gasteiger partial charge >= 0.3 is 6.18 Å². The molecular formula is C8H8BrClF3N. The number of halogens is 5. The van der Waals surface area contributed by atoms with Crippen LogP contribution in [0.25, 0.3) is 0 Å². The largest absolute Gasteiger partial charge is 0.417 e. The van der Waals surface area contributed by atoms with Crippen molar-refractivity contribution in [2.45, 2.75) is 12.7 Å². The van der Waals surface area contributed by atoms with Crippen LogP contribution in [0.5, 0.6) is 0 Å². The van der Waals surface area contributed by atoms with Crippen LogP contribution >= 0.6 is 28.3 Å². The summed E-state index contributed by atoms with van der Waals surface area (Å²) in [6.45, 7) is -0.117. The molecule has 0 aromatic heterocycles. The van der Waals surface area contributed by atoms with E-state index in [0.29, 0.717) is 0 Å². The Labute approximate surface area is 94.0 Å². The zero-order valence-corrected chi connectivity index (χ0v) is 9.34. The third-order valence-electron chi connectivity index (χ3n) is 1.60. The van der Waals surface area contributed by atoms with E-state index in [1.807, 2.05) is 0 Å². The predicted octanol–water partition coefficient (Wildman–Crippen LogP) is 3.35. The van der Waals surface area contributed by atoms with Gasteiger partial charge in [0.15, 0.2) is 0 Å². The molecule has 14 heavy (non-hydrogen) atoms. The van der Waals surface area contributed by atoms with Crippen LogP contribution in [-0.4, -0.2) is 0 Å². The fourth-order valence-electron chi connectivity index (χ4n) is 1.06. The Bertz CT molecular complexity index is 314. The number of alkyl halides is 3. The Hall–Kier alpha value is -0.260. The van der Waals surface area contributed by atoms with Gasteiger partial charge in [0.1, 0.15) is 0 Å². The van der Waals surface area contributed by atoms with Crippen LogP contribution in [0.1, 0.15) is 11.1 Å². The average Bonchev–Trinajstić information content (AvgIpc) is 2.01. The fraction of sp³-hybridized carbons (Fsp3) is 0.250. The molecule has 0 amide bonds. The molecule has 2 N–H and O–H groups in total. The van der Waals surface area contributed by atoms with Crippen molar-refractivity contribution in [1.29, 1.82) is 0 Å². The molecule has 0 fully saturated rings. The molecule has 0 radical (unpaired) electrons. The summed E-state index contributed by atoms with van der Waals surface area (Å²) < 4.78 is 37.3. The smallest absolute Gasteiger partial charge is 0.326 e. The highest BCUT2D eigenvalue weighted by Gasteiger charge is 2.34. The summed E-state index contributed by atoms with van der Waals surface area (Å²) in [5.74, 6) is 0. The molecule has 0 heterocycles. The minimum Gasteiger partial charge on any atom is -0.326 e. The molecule has 1 aromatic carbocycles. The number of benzene rings is 1. The van der Waals surface area contributed by atoms with E-state index in [2.05, 4.69) is 15.9 Å². The molecule has 80 valence electrons. The van der Waals surface area contributed by atoms with E-state index in [9.17, 15) is 13.2 Å². The van der Waals surface area contributed by atoms with E-state index in [4.69, 9.17) is 5.73 Å². The Kier molecular flexibility index (Phi) is 4.91. The maximum Gasteiger partial charge on any atom is 0.417 e. The molecule has 0 atom stereocenters. The van der Waals surface area contributed by atoms with Crippen LogP contribution in [-0.2, 0) is 12.7 Å². The highest BCUT2D eigenvalue weighted by molar-refractivity contribution is 9.10. The number of rotatable bonds is 1. The molecule has 1 nitrogen and oxygen atoms in total. The summed E-state index contributed by atoms with van der Waals surface area (Å²) in [6.07, 6.45) is -4.35. The Morgan fingerprint density at radius 1 is 1.29 bits per heavy atom. The quantitative estimate of drug-likeness (QED) is 0.843. The summed E-state index contributed by atoms with van der Waals surface area (Å²) in [7, 11) is 0. The van der Waals surface area contributed by atoms with Gasteiger partial charge in [-0.25, -0.2) is 0 Å². The third kappa shape index (κ3) is 2.87. The molecule has 0 saturated carbocycles. The molecule has 1 aromatic rings. The van der Waals surface area contributed by atoms with Crippen LogP contribution in [0, 0.1) is 0 Å². The van der Waals surface area contributed by atoms with E-state index in [1.54, 1.807) is 0 Å². The van der Waals surface area contributed by atoms with Gasteiger partial charge in [-0.2, -0.15) is 13.2 Å². The summed E-state index contributed by atoms with van der Waals surface area (Å²) in [5, 5.41) is 0. The predicted molar refractivity (Wildman–Crippen MR) is 54.3 cm³/mol. The highest BCUT2D eigenvalue weighted by Crippen LogP contribution is 2.36. The van der Waals surface area contributed by atoms with Crippen molar-refractivity contribution >= 4 is 28.3 Å². The van der Waals surface area contributed by atoms with Crippen LogP contribution in [0.3, 0.4) is 0 Å². The lowest BCUT2D eigenvalue weighted by Crippen LogP contribution is -2.12. The van der Waals surface area contributed by atoms with E-state index < -0.39 is 11.7 Å². The van der Waals surface area contributed by atoms with Crippen LogP contribution in [0.4, 0.5) is 13.2 Å². The molecule has 0 aliphatic heterocycles. The first kappa shape index (κ1) is 13.7. The van der Waals surface area contributed by atoms with Gasteiger partial charge in [0.05, 0.1) is 5.56 Å². The van der Waals surface area contributed by atoms with Gasteiger partial charge in [-0.05, 0) is 11.6 Å². The number of hydrogen-bond donors (Lipinski definition) is 1. The van der Waals surface area contributed by atoms with Gasteiger partial charge in [0.2, 0.25) is 0 Å². The summed E-state index contributed by atoms with van der Waals surface area (Å²) in [6, 6.07) is 4.25. The Morgan fingerprint density at radius 2 is 1.86 bits per heavy atom. The van der Waals surface area contributed by atoms with Gasteiger partial charge in [-0.15, -0.1) is 12.4 Å². The lowest BCUT2D eigenvalue weighted by Gasteiger charge is -2.12. The lowest BCUT2D eigenvalue weighted by atomic mass is 10.1. The molecule has 6 heteroatoms. The number of hydrogen-bond acceptors (Lipinski definition) is 1. The van der Waals surface area contributed by atoms with Crippen molar-refractivity contribution in [1.82, 2.24) is 0 Å². The molecule has 0 aliphatic carbocycles. The van der Waals surface area contributed by atoms with Crippen molar-refractivity contribution < 1.29 is 13.2 Å². The molecule has 0 bridgehead atoms. The van der Waals surface area contributed by atoms with Crippen molar-refractivity contribution in [3.05, 3.63) is 33.8 Å². The van der Waals surface area contributed by atoms with Gasteiger partial charge in [0.25, 0.3) is 0 Å². The standard InChI is InChI=1S/C8H7BrF3N.ClH/c9-6-3-1-2-5(4-13)7(6)8(10,11)12;/h1-3H,4,13H2;1H. The monoisotopic (exact) mass is 289 g/mol. The molecule has 1 rings (SSSR count). The normalized spacial score (nSPS) is 10.9. The molecule has 0 saturated heterocycles. The zero-order valence-electron chi connectivity index (χ0n) is 6.94. The van der Waals surface area contributed by atoms with E-state index in [1.165, 1.54) is 18.2 Å². The van der Waals surface area contributed by atoms with Crippen molar-refractivity contribution in [3.63, 3.8) is 0 Å². The second-order valence-corrected chi connectivity index (χ2v) is 3.33. The van der Waals surface area contributed by atoms with Crippen LogP contribution in [0.15, 0.2) is 22.7 Å². The van der Waals surface area contributed by atoms with Crippen LogP contribution < -0.4 is 5.73 Å². The lowest BCUT2D eigenvalue weighted by molar-refractivity contribution is -0.138. The third-order valence-corrected chi connectivity index (χ3v) is 2.26. The Morgan fingerprint density at radius 3 is 2.21 bits per heavy atom. The van der Waals surface area contributed by atoms with Gasteiger partial charge in [-0.1, -0.05) is 28.1 Å². The van der Waals surface area contributed by atoms with Crippen molar-refractivity contribution in [3.8, 4) is 0 Å². The van der Waals surface area contributed by atoms with Gasteiger partial charge < -0.3 is 5.73 Å². The van der Waals surface area contributed by atoms with Crippen molar-refractivity contribution in [2.24, 2.45) is 5.73 Å². The van der Waals surface area contributed by atoms with Crippen LogP contribution in [0.2, 0.25) is 0 Å². The topological polar surface area (TPSA) is 26.0 Å². The summed E-state index contributed by atoms with van der Waals surface area (Å²) in [5.41, 5.74) is 4.61. The second kappa shape index (κ2) is 5.00. The minimum absolute atomic E-state index is 0. The maximum atomic E-state index is 12.4. The highest BCUT2D eigenvalue weighted by atomic mass is 79.9. The first-order valence-corrected chi connectivity index (χ1v) is 4.30. The van der Waals surface area contributed by atoms with E-state index in [0.717, 1.165) is 0 Å². The zero-order chi connectivity index (χ0) is 10.1. The molecule has 0 unspecified atom stereocenters. The van der Waals surface area contributed by atoms with E-state index >= 15 is 0 Å². The molecule has 0 spiro atoms. The second-order valence-electron chi connectivity index (χ2n) is 2.48. The molecule has 0 aliphatic rings. The van der Waals surface area contributed by atoms with Gasteiger partial charge in [-0.3, -0.25) is 0 Å². The minimum atomic E-state index is -4.35.